The lowest BCUT2D eigenvalue weighted by molar-refractivity contribution is -0.139. The Labute approximate surface area is 146 Å². The second-order valence-corrected chi connectivity index (χ2v) is 5.56. The van der Waals surface area contributed by atoms with Crippen molar-refractivity contribution in [3.63, 3.8) is 0 Å². The third-order valence-electron chi connectivity index (χ3n) is 3.71. The van der Waals surface area contributed by atoms with Gasteiger partial charge in [-0.2, -0.15) is 0 Å². The van der Waals surface area contributed by atoms with Gasteiger partial charge in [0.25, 0.3) is 0 Å². The fraction of sp³-hybridized carbons (Fsp3) is 0.200. The predicted octanol–water partition coefficient (Wildman–Crippen LogP) is 3.34. The molecule has 0 aliphatic heterocycles. The zero-order valence-electron chi connectivity index (χ0n) is 13.9. The van der Waals surface area contributed by atoms with E-state index in [1.807, 2.05) is 54.6 Å². The fourth-order valence-electron chi connectivity index (χ4n) is 2.44. The van der Waals surface area contributed by atoms with Crippen molar-refractivity contribution in [3.05, 3.63) is 83.9 Å². The average Bonchev–Trinajstić information content (AvgIpc) is 2.62. The van der Waals surface area contributed by atoms with Crippen molar-refractivity contribution < 1.29 is 19.4 Å². The maximum Gasteiger partial charge on any atom is 0.408 e. The van der Waals surface area contributed by atoms with E-state index in [9.17, 15) is 14.7 Å². The molecule has 0 aliphatic rings. The maximum absolute atomic E-state index is 11.9. The van der Waals surface area contributed by atoms with Crippen molar-refractivity contribution in [1.29, 1.82) is 0 Å². The Morgan fingerprint density at radius 1 is 1.08 bits per heavy atom. The summed E-state index contributed by atoms with van der Waals surface area (Å²) in [4.78, 5) is 23.4. The summed E-state index contributed by atoms with van der Waals surface area (Å²) >= 11 is 0. The first-order valence-corrected chi connectivity index (χ1v) is 7.98. The van der Waals surface area contributed by atoms with Gasteiger partial charge in [-0.3, -0.25) is 0 Å². The molecule has 0 radical (unpaired) electrons. The van der Waals surface area contributed by atoms with Gasteiger partial charge < -0.3 is 15.2 Å². The second-order valence-electron chi connectivity index (χ2n) is 5.56. The summed E-state index contributed by atoms with van der Waals surface area (Å²) in [5.74, 6) is -1.11. The van der Waals surface area contributed by atoms with Crippen LogP contribution < -0.4 is 5.32 Å². The van der Waals surface area contributed by atoms with E-state index < -0.39 is 18.1 Å². The molecule has 5 heteroatoms. The molecule has 25 heavy (non-hydrogen) atoms. The minimum atomic E-state index is -1.11. The Morgan fingerprint density at radius 3 is 2.36 bits per heavy atom. The number of hydrogen-bond donors (Lipinski definition) is 2. The number of amides is 1. The van der Waals surface area contributed by atoms with Crippen LogP contribution in [0.5, 0.6) is 0 Å². The first-order chi connectivity index (χ1) is 12.1. The number of carboxylic acid groups (broad SMARTS) is 1. The molecular formula is C20H21NO4. The monoisotopic (exact) mass is 339 g/mol. The first-order valence-electron chi connectivity index (χ1n) is 7.98. The highest BCUT2D eigenvalue weighted by Crippen LogP contribution is 2.13. The molecule has 1 amide bonds. The van der Waals surface area contributed by atoms with Gasteiger partial charge in [-0.15, -0.1) is 6.58 Å². The van der Waals surface area contributed by atoms with Crippen molar-refractivity contribution in [3.8, 4) is 0 Å². The molecule has 0 bridgehead atoms. The number of aliphatic carboxylic acids is 1. The predicted molar refractivity (Wildman–Crippen MR) is 95.2 cm³/mol. The van der Waals surface area contributed by atoms with Crippen LogP contribution in [0.4, 0.5) is 4.79 Å². The third kappa shape index (κ3) is 5.80. The van der Waals surface area contributed by atoms with Gasteiger partial charge in [-0.05, 0) is 23.1 Å². The smallest absolute Gasteiger partial charge is 0.408 e. The lowest BCUT2D eigenvalue weighted by atomic mass is 9.98. The van der Waals surface area contributed by atoms with E-state index in [0.717, 1.165) is 16.7 Å². The topological polar surface area (TPSA) is 75.6 Å². The molecule has 2 aromatic rings. The largest absolute Gasteiger partial charge is 0.480 e. The average molecular weight is 339 g/mol. The summed E-state index contributed by atoms with van der Waals surface area (Å²) in [6.07, 6.45) is 1.83. The molecule has 0 fully saturated rings. The number of benzene rings is 2. The lowest BCUT2D eigenvalue weighted by Crippen LogP contribution is -2.42. The summed E-state index contributed by atoms with van der Waals surface area (Å²) in [6, 6.07) is 15.6. The van der Waals surface area contributed by atoms with Crippen molar-refractivity contribution in [2.24, 2.45) is 0 Å². The van der Waals surface area contributed by atoms with E-state index in [1.165, 1.54) is 0 Å². The molecule has 0 saturated heterocycles. The number of alkyl carbamates (subject to hydrolysis) is 1. The summed E-state index contributed by atoms with van der Waals surface area (Å²) in [6.45, 7) is 3.80. The van der Waals surface area contributed by atoms with Gasteiger partial charge in [0.1, 0.15) is 12.6 Å². The Balaban J connectivity index is 1.97. The van der Waals surface area contributed by atoms with Crippen LogP contribution in [0.15, 0.2) is 67.3 Å². The Hall–Kier alpha value is -3.08. The molecule has 0 saturated carbocycles. The van der Waals surface area contributed by atoms with Gasteiger partial charge in [0.2, 0.25) is 0 Å². The summed E-state index contributed by atoms with van der Waals surface area (Å²) in [5.41, 5.74) is 2.68. The number of rotatable bonds is 8. The van der Waals surface area contributed by atoms with Crippen LogP contribution in [-0.2, 0) is 29.0 Å². The number of nitrogens with one attached hydrogen (secondary N) is 1. The van der Waals surface area contributed by atoms with Crippen molar-refractivity contribution in [2.45, 2.75) is 25.5 Å². The van der Waals surface area contributed by atoms with Gasteiger partial charge in [-0.25, -0.2) is 9.59 Å². The SMILES string of the molecule is C=CCc1ccccc1CC(NC(=O)OCc1ccccc1)C(=O)O. The van der Waals surface area contributed by atoms with E-state index in [2.05, 4.69) is 11.9 Å². The number of carboxylic acids is 1. The molecule has 2 aromatic carbocycles. The van der Waals surface area contributed by atoms with E-state index in [1.54, 1.807) is 6.08 Å². The Bertz CT molecular complexity index is 727. The summed E-state index contributed by atoms with van der Waals surface area (Å²) in [7, 11) is 0. The zero-order valence-corrected chi connectivity index (χ0v) is 13.9. The molecule has 1 atom stereocenters. The van der Waals surface area contributed by atoms with Crippen LogP contribution >= 0.6 is 0 Å². The Kier molecular flexibility index (Phi) is 6.77. The van der Waals surface area contributed by atoms with Gasteiger partial charge in [-0.1, -0.05) is 60.7 Å². The van der Waals surface area contributed by atoms with Crippen LogP contribution in [0.3, 0.4) is 0 Å². The van der Waals surface area contributed by atoms with E-state index in [4.69, 9.17) is 4.74 Å². The molecular weight excluding hydrogens is 318 g/mol. The molecule has 0 heterocycles. The van der Waals surface area contributed by atoms with E-state index in [0.29, 0.717) is 6.42 Å². The van der Waals surface area contributed by atoms with E-state index >= 15 is 0 Å². The standard InChI is InChI=1S/C20H21NO4/c1-2-8-16-11-6-7-12-17(16)13-18(19(22)23)21-20(24)25-14-15-9-4-3-5-10-15/h2-7,9-12,18H,1,8,13-14H2,(H,21,24)(H,22,23). The van der Waals surface area contributed by atoms with Gasteiger partial charge in [0.15, 0.2) is 0 Å². The number of ether oxygens (including phenoxy) is 1. The van der Waals surface area contributed by atoms with Crippen molar-refractivity contribution >= 4 is 12.1 Å². The molecule has 0 spiro atoms. The minimum Gasteiger partial charge on any atom is -0.480 e. The number of allylic oxidation sites excluding steroid dienone is 1. The summed E-state index contributed by atoms with van der Waals surface area (Å²) in [5, 5.41) is 11.8. The normalized spacial score (nSPS) is 11.4. The van der Waals surface area contributed by atoms with Crippen LogP contribution in [-0.4, -0.2) is 23.2 Å². The first kappa shape index (κ1) is 18.3. The van der Waals surface area contributed by atoms with Crippen molar-refractivity contribution in [1.82, 2.24) is 5.32 Å². The summed E-state index contributed by atoms with van der Waals surface area (Å²) < 4.78 is 5.09. The van der Waals surface area contributed by atoms with Crippen LogP contribution in [0, 0.1) is 0 Å². The second kappa shape index (κ2) is 9.27. The van der Waals surface area contributed by atoms with Crippen LogP contribution in [0.25, 0.3) is 0 Å². The fourth-order valence-corrected chi connectivity index (χ4v) is 2.44. The van der Waals surface area contributed by atoms with Gasteiger partial charge in [0, 0.05) is 6.42 Å². The zero-order chi connectivity index (χ0) is 18.1. The van der Waals surface area contributed by atoms with Gasteiger partial charge in [0.05, 0.1) is 0 Å². The van der Waals surface area contributed by atoms with Crippen LogP contribution in [0.2, 0.25) is 0 Å². The van der Waals surface area contributed by atoms with Crippen LogP contribution in [0.1, 0.15) is 16.7 Å². The Morgan fingerprint density at radius 2 is 1.72 bits per heavy atom. The minimum absolute atomic E-state index is 0.0893. The van der Waals surface area contributed by atoms with Crippen molar-refractivity contribution in [2.75, 3.05) is 0 Å². The highest BCUT2D eigenvalue weighted by atomic mass is 16.5. The molecule has 5 nitrogen and oxygen atoms in total. The highest BCUT2D eigenvalue weighted by molar-refractivity contribution is 5.80. The number of hydrogen-bond acceptors (Lipinski definition) is 3. The molecule has 2 rings (SSSR count). The maximum atomic E-state index is 11.9. The molecule has 0 aliphatic carbocycles. The molecule has 130 valence electrons. The molecule has 1 unspecified atom stereocenters. The highest BCUT2D eigenvalue weighted by Gasteiger charge is 2.22. The number of carbonyl (C=O) groups is 2. The van der Waals surface area contributed by atoms with Gasteiger partial charge >= 0.3 is 12.1 Å². The number of carbonyl (C=O) groups excluding carboxylic acids is 1. The third-order valence-corrected chi connectivity index (χ3v) is 3.71. The van der Waals surface area contributed by atoms with E-state index in [-0.39, 0.29) is 13.0 Å². The molecule has 0 aromatic heterocycles. The lowest BCUT2D eigenvalue weighted by Gasteiger charge is -2.16. The quantitative estimate of drug-likeness (QED) is 0.723. The molecule has 2 N–H and O–H groups in total.